The van der Waals surface area contributed by atoms with Crippen LogP contribution >= 0.6 is 0 Å². The molecule has 1 aliphatic carbocycles. The van der Waals surface area contributed by atoms with E-state index in [1.807, 2.05) is 42.8 Å². The SMILES string of the molecule is Cc1cc2c(F)c(Oc3nc(Nc4cc(C5CC5)[nH]n4)cc(N4CCOCC4)n3)ccc2n1C. The minimum absolute atomic E-state index is 0.0651. The lowest BCUT2D eigenvalue weighted by Crippen LogP contribution is -2.36. The van der Waals surface area contributed by atoms with Crippen LogP contribution in [-0.2, 0) is 11.8 Å². The summed E-state index contributed by atoms with van der Waals surface area (Å²) in [5, 5.41) is 11.2. The molecule has 3 aromatic heterocycles. The Kier molecular flexibility index (Phi) is 5.09. The molecule has 1 aliphatic heterocycles. The Hall–Kier alpha value is -3.66. The molecule has 4 aromatic rings. The molecule has 2 aliphatic rings. The summed E-state index contributed by atoms with van der Waals surface area (Å²) >= 11 is 0. The lowest BCUT2D eigenvalue weighted by Gasteiger charge is -2.28. The molecule has 0 bridgehead atoms. The van der Waals surface area contributed by atoms with Crippen LogP contribution in [0.4, 0.5) is 21.8 Å². The average molecular weight is 464 g/mol. The smallest absolute Gasteiger partial charge is 0.326 e. The summed E-state index contributed by atoms with van der Waals surface area (Å²) in [6.45, 7) is 4.58. The normalized spacial score (nSPS) is 16.3. The number of nitrogens with zero attached hydrogens (tertiary/aromatic N) is 5. The molecule has 0 spiro atoms. The quantitative estimate of drug-likeness (QED) is 0.438. The molecule has 176 valence electrons. The molecule has 1 aromatic carbocycles. The van der Waals surface area contributed by atoms with Crippen LogP contribution in [0.5, 0.6) is 11.8 Å². The molecule has 1 saturated heterocycles. The zero-order valence-electron chi connectivity index (χ0n) is 19.1. The number of ether oxygens (including phenoxy) is 2. The Morgan fingerprint density at radius 2 is 1.94 bits per heavy atom. The van der Waals surface area contributed by atoms with Crippen molar-refractivity contribution in [2.24, 2.45) is 7.05 Å². The predicted octanol–water partition coefficient (Wildman–Crippen LogP) is 4.39. The van der Waals surface area contributed by atoms with Gasteiger partial charge in [0, 0.05) is 55.0 Å². The summed E-state index contributed by atoms with van der Waals surface area (Å²) in [4.78, 5) is 11.2. The number of hydrogen-bond donors (Lipinski definition) is 2. The number of aromatic nitrogens is 5. The second-order valence-corrected chi connectivity index (χ2v) is 8.86. The lowest BCUT2D eigenvalue weighted by molar-refractivity contribution is 0.122. The van der Waals surface area contributed by atoms with E-state index in [1.54, 1.807) is 6.07 Å². The van der Waals surface area contributed by atoms with Gasteiger partial charge in [-0.3, -0.25) is 5.10 Å². The van der Waals surface area contributed by atoms with Gasteiger partial charge in [0.15, 0.2) is 17.4 Å². The number of nitrogens with one attached hydrogen (secondary N) is 2. The number of halogens is 1. The second-order valence-electron chi connectivity index (χ2n) is 8.86. The van der Waals surface area contributed by atoms with Crippen molar-refractivity contribution in [2.75, 3.05) is 36.5 Å². The molecule has 0 unspecified atom stereocenters. The molecule has 10 heteroatoms. The van der Waals surface area contributed by atoms with Crippen LogP contribution in [0.2, 0.25) is 0 Å². The fraction of sp³-hybridized carbons (Fsp3) is 0.375. The molecule has 4 heterocycles. The van der Waals surface area contributed by atoms with Crippen molar-refractivity contribution in [1.82, 2.24) is 24.7 Å². The van der Waals surface area contributed by atoms with Gasteiger partial charge in [0.25, 0.3) is 0 Å². The minimum Gasteiger partial charge on any atom is -0.421 e. The largest absolute Gasteiger partial charge is 0.421 e. The third-order valence-corrected chi connectivity index (χ3v) is 6.46. The fourth-order valence-corrected chi connectivity index (χ4v) is 4.28. The number of benzene rings is 1. The summed E-state index contributed by atoms with van der Waals surface area (Å²) in [6.07, 6.45) is 2.37. The highest BCUT2D eigenvalue weighted by Gasteiger charge is 2.26. The van der Waals surface area contributed by atoms with E-state index in [9.17, 15) is 0 Å². The molecule has 0 amide bonds. The van der Waals surface area contributed by atoms with Gasteiger partial charge < -0.3 is 24.3 Å². The zero-order valence-corrected chi connectivity index (χ0v) is 19.1. The van der Waals surface area contributed by atoms with Gasteiger partial charge >= 0.3 is 6.01 Å². The topological polar surface area (TPSA) is 93.1 Å². The van der Waals surface area contributed by atoms with Crippen molar-refractivity contribution in [3.63, 3.8) is 0 Å². The molecule has 0 radical (unpaired) electrons. The van der Waals surface area contributed by atoms with Gasteiger partial charge in [0.1, 0.15) is 11.6 Å². The van der Waals surface area contributed by atoms with Crippen molar-refractivity contribution < 1.29 is 13.9 Å². The molecule has 2 fully saturated rings. The van der Waals surface area contributed by atoms with Crippen molar-refractivity contribution in [3.05, 3.63) is 47.5 Å². The van der Waals surface area contributed by atoms with Crippen LogP contribution in [0, 0.1) is 12.7 Å². The summed E-state index contributed by atoms with van der Waals surface area (Å²) in [7, 11) is 1.91. The van der Waals surface area contributed by atoms with Gasteiger partial charge in [-0.2, -0.15) is 15.1 Å². The Morgan fingerprint density at radius 3 is 2.74 bits per heavy atom. The van der Waals surface area contributed by atoms with Gasteiger partial charge in [-0.25, -0.2) is 4.39 Å². The Bertz CT molecular complexity index is 1360. The number of aryl methyl sites for hydroxylation is 2. The molecular formula is C24H26FN7O2. The first kappa shape index (κ1) is 20.9. The highest BCUT2D eigenvalue weighted by molar-refractivity contribution is 5.83. The van der Waals surface area contributed by atoms with Gasteiger partial charge in [0.05, 0.1) is 18.7 Å². The maximum Gasteiger partial charge on any atom is 0.326 e. The van der Waals surface area contributed by atoms with E-state index < -0.39 is 5.82 Å². The zero-order chi connectivity index (χ0) is 23.2. The van der Waals surface area contributed by atoms with Crippen LogP contribution in [0.15, 0.2) is 30.3 Å². The van der Waals surface area contributed by atoms with Crippen LogP contribution in [0.25, 0.3) is 10.9 Å². The maximum atomic E-state index is 15.3. The first-order valence-electron chi connectivity index (χ1n) is 11.5. The Morgan fingerprint density at radius 1 is 1.12 bits per heavy atom. The van der Waals surface area contributed by atoms with E-state index in [1.165, 1.54) is 12.8 Å². The van der Waals surface area contributed by atoms with E-state index in [2.05, 4.69) is 30.4 Å². The van der Waals surface area contributed by atoms with Crippen LogP contribution in [-0.4, -0.2) is 51.0 Å². The first-order chi connectivity index (χ1) is 16.5. The third-order valence-electron chi connectivity index (χ3n) is 6.46. The van der Waals surface area contributed by atoms with Crippen molar-refractivity contribution in [1.29, 1.82) is 0 Å². The van der Waals surface area contributed by atoms with Crippen molar-refractivity contribution >= 4 is 28.4 Å². The van der Waals surface area contributed by atoms with E-state index in [0.717, 1.165) is 16.9 Å². The van der Waals surface area contributed by atoms with Crippen LogP contribution in [0.3, 0.4) is 0 Å². The Balaban J connectivity index is 1.34. The number of rotatable bonds is 6. The number of anilines is 3. The highest BCUT2D eigenvalue weighted by Crippen LogP contribution is 2.40. The fourth-order valence-electron chi connectivity index (χ4n) is 4.28. The van der Waals surface area contributed by atoms with Crippen molar-refractivity contribution in [3.8, 4) is 11.8 Å². The standard InChI is InChI=1S/C24H26FN7O2/c1-14-11-16-18(31(14)2)5-6-19(23(16)25)34-24-27-20(13-22(28-24)32-7-9-33-10-8-32)26-21-12-17(29-30-21)15-3-4-15/h5-6,11-13,15H,3-4,7-10H2,1-2H3,(H2,26,27,28,29,30). The van der Waals surface area contributed by atoms with E-state index >= 15 is 4.39 Å². The second kappa shape index (κ2) is 8.28. The minimum atomic E-state index is -0.433. The molecule has 0 atom stereocenters. The van der Waals surface area contributed by atoms with Crippen LogP contribution < -0.4 is 15.0 Å². The maximum absolute atomic E-state index is 15.3. The van der Waals surface area contributed by atoms with Gasteiger partial charge in [0.2, 0.25) is 0 Å². The average Bonchev–Trinajstić information content (AvgIpc) is 3.53. The Labute approximate surface area is 195 Å². The van der Waals surface area contributed by atoms with Crippen LogP contribution in [0.1, 0.15) is 30.1 Å². The molecule has 1 saturated carbocycles. The van der Waals surface area contributed by atoms with Gasteiger partial charge in [-0.15, -0.1) is 0 Å². The van der Waals surface area contributed by atoms with E-state index in [4.69, 9.17) is 9.47 Å². The monoisotopic (exact) mass is 463 g/mol. The number of fused-ring (bicyclic) bond motifs is 1. The van der Waals surface area contributed by atoms with E-state index in [-0.39, 0.29) is 11.8 Å². The number of hydrogen-bond acceptors (Lipinski definition) is 7. The van der Waals surface area contributed by atoms with Gasteiger partial charge in [-0.05, 0) is 38.0 Å². The number of aromatic amines is 1. The van der Waals surface area contributed by atoms with Crippen molar-refractivity contribution in [2.45, 2.75) is 25.7 Å². The number of morpholine rings is 1. The predicted molar refractivity (Wildman–Crippen MR) is 127 cm³/mol. The number of H-pyrrole nitrogens is 1. The summed E-state index contributed by atoms with van der Waals surface area (Å²) in [5.74, 6) is 2.10. The van der Waals surface area contributed by atoms with Gasteiger partial charge in [-0.1, -0.05) is 0 Å². The lowest BCUT2D eigenvalue weighted by atomic mass is 10.2. The highest BCUT2D eigenvalue weighted by atomic mass is 19.1. The van der Waals surface area contributed by atoms with E-state index in [0.29, 0.717) is 55.1 Å². The molecule has 34 heavy (non-hydrogen) atoms. The molecular weight excluding hydrogens is 437 g/mol. The summed E-state index contributed by atoms with van der Waals surface area (Å²) < 4.78 is 28.6. The summed E-state index contributed by atoms with van der Waals surface area (Å²) in [6, 6.07) is 9.18. The summed E-state index contributed by atoms with van der Waals surface area (Å²) in [5.41, 5.74) is 2.89. The molecule has 2 N–H and O–H groups in total. The third kappa shape index (κ3) is 3.94. The molecule has 6 rings (SSSR count). The first-order valence-corrected chi connectivity index (χ1v) is 11.5. The molecule has 9 nitrogen and oxygen atoms in total.